The fourth-order valence-corrected chi connectivity index (χ4v) is 16.7. The van der Waals surface area contributed by atoms with Gasteiger partial charge in [-0.1, -0.05) is 46.3 Å². The summed E-state index contributed by atoms with van der Waals surface area (Å²) in [7, 11) is 0. The zero-order valence-corrected chi connectivity index (χ0v) is 51.4. The van der Waals surface area contributed by atoms with E-state index in [2.05, 4.69) is 19.9 Å². The minimum absolute atomic E-state index is 0.00713. The molecule has 3 saturated carbocycles. The van der Waals surface area contributed by atoms with Crippen LogP contribution in [0.2, 0.25) is 0 Å². The average Bonchev–Trinajstić information content (AvgIpc) is 1.36. The number of aliphatic hydroxyl groups is 17. The van der Waals surface area contributed by atoms with Gasteiger partial charge in [0.15, 0.2) is 31.5 Å². The van der Waals surface area contributed by atoms with Gasteiger partial charge in [-0.05, 0) is 94.3 Å². The van der Waals surface area contributed by atoms with Gasteiger partial charge in [-0.3, -0.25) is 4.79 Å². The molecule has 9 aliphatic rings. The fourth-order valence-electron chi connectivity index (χ4n) is 16.7. The maximum Gasteiger partial charge on any atom is 0.187 e. The van der Waals surface area contributed by atoms with Crippen molar-refractivity contribution in [3.8, 4) is 0 Å². The van der Waals surface area contributed by atoms with Crippen molar-refractivity contribution in [2.24, 2.45) is 39.4 Å². The number of ether oxygens (including phenoxy) is 10. The van der Waals surface area contributed by atoms with Gasteiger partial charge in [0.2, 0.25) is 0 Å². The maximum atomic E-state index is 15.4. The molecule has 0 aromatic carbocycles. The van der Waals surface area contributed by atoms with Crippen LogP contribution in [0.4, 0.5) is 0 Å². The number of allylic oxidation sites excluding steroid dienone is 1. The minimum atomic E-state index is -1.91. The monoisotopic (exact) mass is 1270 g/mol. The standard InChI is InChI=1S/C60H100O28/c1-55(2)27-9-11-35-57(5)15-13-34(59(7,78)16-14-38(56(3,4)77)87-52-47(75)45(73)42(70)32(84-52)23-79-50-39(67)29(64)17-25(20-61)81-50)58(57,6)19-36(66)60(35,8)28(27)10-12-37(55)86-54-49(88-53-48(76)44(72)41(69)31(22-63)83-53)46(74)43(71)33(85-54)24-80-51-40(68)30(65)18-26(21-62)82-51/h9,25-26,28-35,37-54,61-65,67-78H,10-24H2,1-8H3/t25-,26-,28+,29-,30-,31+,32+,33+,34-,35-,37-,38+,39+,40+,41+,42+,43+,44-,45-,46-,47+,48+,49+,50+,51+,52-,53-,54-,57-,58+,59-,60-/m0/s1. The highest BCUT2D eigenvalue weighted by Crippen LogP contribution is 2.74. The van der Waals surface area contributed by atoms with E-state index in [0.717, 1.165) is 5.57 Å². The lowest BCUT2D eigenvalue weighted by Crippen LogP contribution is -2.66. The molecule has 5 aliphatic heterocycles. The van der Waals surface area contributed by atoms with E-state index in [-0.39, 0.29) is 49.7 Å². The van der Waals surface area contributed by atoms with Crippen molar-refractivity contribution in [2.45, 2.75) is 284 Å². The Morgan fingerprint density at radius 2 is 1.10 bits per heavy atom. The summed E-state index contributed by atoms with van der Waals surface area (Å²) in [5, 5.41) is 184. The molecule has 5 heterocycles. The summed E-state index contributed by atoms with van der Waals surface area (Å²) in [6.45, 7) is 12.1. The molecule has 0 aromatic rings. The van der Waals surface area contributed by atoms with E-state index in [9.17, 15) is 86.8 Å². The molecule has 0 unspecified atom stereocenters. The molecule has 32 atom stereocenters. The summed E-state index contributed by atoms with van der Waals surface area (Å²) in [6.07, 6.45) is -32.8. The Morgan fingerprint density at radius 1 is 0.580 bits per heavy atom. The number of hydrogen-bond acceptors (Lipinski definition) is 28. The number of fused-ring (bicyclic) bond motifs is 5. The normalized spacial score (nSPS) is 50.1. The summed E-state index contributed by atoms with van der Waals surface area (Å²) in [6, 6.07) is 0. The quantitative estimate of drug-likeness (QED) is 0.0516. The lowest BCUT2D eigenvalue weighted by atomic mass is 9.38. The third kappa shape index (κ3) is 13.0. The number of carbonyl (C=O) groups excluding carboxylic acids is 1. The first kappa shape index (κ1) is 70.6. The van der Waals surface area contributed by atoms with Gasteiger partial charge in [0.1, 0.15) is 91.2 Å². The van der Waals surface area contributed by atoms with E-state index in [0.29, 0.717) is 32.1 Å². The van der Waals surface area contributed by atoms with Crippen LogP contribution in [0.5, 0.6) is 0 Å². The van der Waals surface area contributed by atoms with Gasteiger partial charge >= 0.3 is 0 Å². The first-order valence-electron chi connectivity index (χ1n) is 31.2. The number of hydrogen-bond donors (Lipinski definition) is 17. The molecule has 0 amide bonds. The van der Waals surface area contributed by atoms with Crippen molar-refractivity contribution >= 4 is 5.78 Å². The average molecular weight is 1270 g/mol. The molecule has 28 heteroatoms. The van der Waals surface area contributed by atoms with E-state index in [1.54, 1.807) is 6.92 Å². The topological polar surface area (TPSA) is 453 Å². The third-order valence-electron chi connectivity index (χ3n) is 22.4. The zero-order valence-electron chi connectivity index (χ0n) is 51.4. The second-order valence-electron chi connectivity index (χ2n) is 28.6. The Balaban J connectivity index is 0.900. The molecule has 0 aromatic heterocycles. The molecule has 88 heavy (non-hydrogen) atoms. The highest BCUT2D eigenvalue weighted by Gasteiger charge is 2.72. The Bertz CT molecular complexity index is 2380. The SMILES string of the molecule is CC(C)(O)[C@@H](CC[C@](C)(O)[C@H]1CC[C@@]2(C)[C@@H]3CC=C4[C@@H](CC[C@H](O[C@@H]5O[C@H](CO[C@@H]6O[C@H](CO)C[C@H](O)[C@H]6O)[C@@H](O)[C@H](O)[C@H]5O[C@@H]5O[C@H](CO)[C@@H](O)[C@H](O)[C@H]5O)C4(C)C)[C@]3(C)C(=O)C[C@]12C)O[C@@H]1O[C@H](CO[C@@H]2O[C@H](CO)C[C@H](O)[C@H]2O)[C@@H](O)[C@H](O)[C@H]1O. The van der Waals surface area contributed by atoms with E-state index >= 15 is 4.79 Å². The minimum Gasteiger partial charge on any atom is -0.394 e. The van der Waals surface area contributed by atoms with Crippen LogP contribution < -0.4 is 0 Å². The molecule has 5 saturated heterocycles. The molecule has 508 valence electrons. The summed E-state index contributed by atoms with van der Waals surface area (Å²) in [5.74, 6) is -0.851. The van der Waals surface area contributed by atoms with Crippen LogP contribution in [0.25, 0.3) is 0 Å². The van der Waals surface area contributed by atoms with Crippen LogP contribution in [0, 0.1) is 39.4 Å². The van der Waals surface area contributed by atoms with E-state index in [1.807, 2.05) is 20.8 Å². The Morgan fingerprint density at radius 3 is 1.65 bits per heavy atom. The van der Waals surface area contributed by atoms with Crippen LogP contribution in [-0.2, 0) is 52.2 Å². The van der Waals surface area contributed by atoms with Crippen LogP contribution in [-0.4, -0.2) is 290 Å². The van der Waals surface area contributed by atoms with E-state index < -0.39 is 225 Å². The molecule has 9 rings (SSSR count). The lowest BCUT2D eigenvalue weighted by Gasteiger charge is -2.65. The Hall–Kier alpha value is -1.67. The number of Topliss-reactive ketones (excluding diaryl/α,β-unsaturated/α-hetero) is 1. The molecular formula is C60H100O28. The van der Waals surface area contributed by atoms with Gasteiger partial charge in [-0.25, -0.2) is 0 Å². The van der Waals surface area contributed by atoms with Gasteiger partial charge in [0.25, 0.3) is 0 Å². The zero-order chi connectivity index (χ0) is 64.7. The molecular weight excluding hydrogens is 1170 g/mol. The predicted molar refractivity (Wildman–Crippen MR) is 298 cm³/mol. The summed E-state index contributed by atoms with van der Waals surface area (Å²) in [4.78, 5) is 15.4. The van der Waals surface area contributed by atoms with Crippen molar-refractivity contribution in [1.82, 2.24) is 0 Å². The van der Waals surface area contributed by atoms with Gasteiger partial charge in [-0.15, -0.1) is 0 Å². The number of carbonyl (C=O) groups is 1. The molecule has 28 nitrogen and oxygen atoms in total. The van der Waals surface area contributed by atoms with Crippen molar-refractivity contribution in [3.63, 3.8) is 0 Å². The molecule has 4 aliphatic carbocycles. The molecule has 8 fully saturated rings. The molecule has 17 N–H and O–H groups in total. The van der Waals surface area contributed by atoms with Crippen molar-refractivity contribution in [2.75, 3.05) is 33.0 Å². The van der Waals surface area contributed by atoms with Gasteiger partial charge in [0, 0.05) is 30.1 Å². The van der Waals surface area contributed by atoms with Crippen molar-refractivity contribution in [1.29, 1.82) is 0 Å². The molecule has 0 bridgehead atoms. The summed E-state index contributed by atoms with van der Waals surface area (Å²) >= 11 is 0. The van der Waals surface area contributed by atoms with Crippen molar-refractivity contribution < 1.29 is 139 Å². The maximum absolute atomic E-state index is 15.4. The van der Waals surface area contributed by atoms with Crippen LogP contribution in [0.15, 0.2) is 11.6 Å². The highest BCUT2D eigenvalue weighted by atomic mass is 16.8. The van der Waals surface area contributed by atoms with Gasteiger partial charge in [0.05, 0.1) is 80.9 Å². The fraction of sp³-hybridized carbons (Fsp3) is 0.950. The second-order valence-corrected chi connectivity index (χ2v) is 28.6. The Labute approximate surface area is 511 Å². The van der Waals surface area contributed by atoms with Crippen LogP contribution in [0.1, 0.15) is 120 Å². The van der Waals surface area contributed by atoms with Gasteiger partial charge < -0.3 is 134 Å². The van der Waals surface area contributed by atoms with Crippen LogP contribution >= 0.6 is 0 Å². The van der Waals surface area contributed by atoms with E-state index in [4.69, 9.17) is 47.4 Å². The number of rotatable bonds is 20. The predicted octanol–water partition coefficient (Wildman–Crippen LogP) is -4.03. The molecule has 0 radical (unpaired) electrons. The second kappa shape index (κ2) is 26.9. The van der Waals surface area contributed by atoms with E-state index in [1.165, 1.54) is 13.8 Å². The summed E-state index contributed by atoms with van der Waals surface area (Å²) in [5.41, 5.74) is -5.09. The first-order chi connectivity index (χ1) is 41.1. The van der Waals surface area contributed by atoms with Crippen LogP contribution in [0.3, 0.4) is 0 Å². The summed E-state index contributed by atoms with van der Waals surface area (Å²) < 4.78 is 59.7. The lowest BCUT2D eigenvalue weighted by molar-refractivity contribution is -0.378. The Kier molecular flexibility index (Phi) is 21.6. The third-order valence-corrected chi connectivity index (χ3v) is 22.4. The largest absolute Gasteiger partial charge is 0.394 e. The highest BCUT2D eigenvalue weighted by molar-refractivity contribution is 5.88. The number of aliphatic hydroxyl groups excluding tert-OH is 15. The van der Waals surface area contributed by atoms with Crippen molar-refractivity contribution in [3.05, 3.63) is 11.6 Å². The number of ketones is 1. The molecule has 0 spiro atoms. The first-order valence-corrected chi connectivity index (χ1v) is 31.2. The van der Waals surface area contributed by atoms with Gasteiger partial charge in [-0.2, -0.15) is 0 Å². The smallest absolute Gasteiger partial charge is 0.187 e.